The number of carbonyl (C=O) groups is 1. The van der Waals surface area contributed by atoms with Crippen molar-refractivity contribution in [3.63, 3.8) is 0 Å². The lowest BCUT2D eigenvalue weighted by Gasteiger charge is -2.37. The van der Waals surface area contributed by atoms with Crippen molar-refractivity contribution in [3.05, 3.63) is 24.3 Å². The van der Waals surface area contributed by atoms with Crippen LogP contribution in [0.15, 0.2) is 24.3 Å². The molecule has 2 atom stereocenters. The van der Waals surface area contributed by atoms with Crippen molar-refractivity contribution in [2.75, 3.05) is 45.7 Å². The Kier molecular flexibility index (Phi) is 5.41. The number of nitrogens with zero attached hydrogens (tertiary/aromatic N) is 1. The summed E-state index contributed by atoms with van der Waals surface area (Å²) in [5, 5.41) is 6.58. The second-order valence-electron chi connectivity index (χ2n) is 7.36. The van der Waals surface area contributed by atoms with Crippen LogP contribution in [0.1, 0.15) is 25.7 Å². The molecule has 1 aromatic rings. The van der Waals surface area contributed by atoms with Gasteiger partial charge in [0.15, 0.2) is 0 Å². The third kappa shape index (κ3) is 3.73. The van der Waals surface area contributed by atoms with Crippen LogP contribution in [-0.4, -0.2) is 51.1 Å². The van der Waals surface area contributed by atoms with E-state index in [-0.39, 0.29) is 11.3 Å². The van der Waals surface area contributed by atoms with Gasteiger partial charge in [0.1, 0.15) is 12.4 Å². The number of carbonyl (C=O) groups excluding carboxylic acids is 1. The third-order valence-electron chi connectivity index (χ3n) is 5.39. The fraction of sp³-hybridized carbons (Fsp3) is 0.632. The first-order valence-electron chi connectivity index (χ1n) is 9.00. The topological polar surface area (TPSA) is 53.6 Å². The van der Waals surface area contributed by atoms with E-state index in [1.807, 2.05) is 38.4 Å². The highest BCUT2D eigenvalue weighted by Gasteiger charge is 2.49. The lowest BCUT2D eigenvalue weighted by Crippen LogP contribution is -2.44. The average molecular weight is 331 g/mol. The number of fused-ring (bicyclic) bond motifs is 1. The van der Waals surface area contributed by atoms with Crippen molar-refractivity contribution in [2.45, 2.75) is 25.7 Å². The zero-order chi connectivity index (χ0) is 17.0. The zero-order valence-corrected chi connectivity index (χ0v) is 14.8. The van der Waals surface area contributed by atoms with Crippen LogP contribution in [0.5, 0.6) is 5.75 Å². The van der Waals surface area contributed by atoms with E-state index in [2.05, 4.69) is 15.5 Å². The molecule has 1 saturated heterocycles. The Labute approximate surface area is 144 Å². The molecule has 2 aliphatic rings. The maximum atomic E-state index is 13.0. The monoisotopic (exact) mass is 331 g/mol. The SMILES string of the molecule is CN(C)CCOc1cccc(NC(=O)[C@@]23CCCC[C@H]2CNC3)c1. The van der Waals surface area contributed by atoms with Gasteiger partial charge in [-0.25, -0.2) is 0 Å². The van der Waals surface area contributed by atoms with Crippen LogP contribution in [0.4, 0.5) is 5.69 Å². The van der Waals surface area contributed by atoms with Crippen molar-refractivity contribution in [2.24, 2.45) is 11.3 Å². The highest BCUT2D eigenvalue weighted by molar-refractivity contribution is 5.96. The molecule has 1 amide bonds. The van der Waals surface area contributed by atoms with E-state index in [0.29, 0.717) is 12.5 Å². The van der Waals surface area contributed by atoms with E-state index in [0.717, 1.165) is 50.3 Å². The smallest absolute Gasteiger partial charge is 0.232 e. The first-order chi connectivity index (χ1) is 11.6. The number of nitrogens with one attached hydrogen (secondary N) is 2. The number of ether oxygens (including phenoxy) is 1. The van der Waals surface area contributed by atoms with E-state index in [1.165, 1.54) is 6.42 Å². The van der Waals surface area contributed by atoms with Gasteiger partial charge in [-0.15, -0.1) is 0 Å². The quantitative estimate of drug-likeness (QED) is 0.840. The number of hydrogen-bond donors (Lipinski definition) is 2. The molecule has 0 aromatic heterocycles. The van der Waals surface area contributed by atoms with Crippen LogP contribution in [-0.2, 0) is 4.79 Å². The summed E-state index contributed by atoms with van der Waals surface area (Å²) in [6.07, 6.45) is 4.56. The number of benzene rings is 1. The minimum absolute atomic E-state index is 0.169. The Hall–Kier alpha value is -1.59. The molecule has 0 bridgehead atoms. The van der Waals surface area contributed by atoms with Crippen LogP contribution in [0.25, 0.3) is 0 Å². The molecule has 132 valence electrons. The Morgan fingerprint density at radius 3 is 3.12 bits per heavy atom. The maximum absolute atomic E-state index is 13.0. The standard InChI is InChI=1S/C19H29N3O2/c1-22(2)10-11-24-17-8-5-7-16(12-17)21-18(23)19-9-4-3-6-15(19)13-20-14-19/h5,7-8,12,15,20H,3-4,6,9-11,13-14H2,1-2H3,(H,21,23)/t15-,19+/m0/s1. The van der Waals surface area contributed by atoms with E-state index in [1.54, 1.807) is 0 Å². The van der Waals surface area contributed by atoms with Gasteiger partial charge >= 0.3 is 0 Å². The van der Waals surface area contributed by atoms with Gasteiger partial charge in [-0.1, -0.05) is 18.9 Å². The van der Waals surface area contributed by atoms with E-state index in [4.69, 9.17) is 4.74 Å². The molecule has 1 aromatic carbocycles. The Bertz CT molecular complexity index is 575. The number of hydrogen-bond acceptors (Lipinski definition) is 4. The van der Waals surface area contributed by atoms with Crippen molar-refractivity contribution in [1.82, 2.24) is 10.2 Å². The predicted octanol–water partition coefficient (Wildman–Crippen LogP) is 2.35. The van der Waals surface area contributed by atoms with Crippen molar-refractivity contribution < 1.29 is 9.53 Å². The Morgan fingerprint density at radius 2 is 2.29 bits per heavy atom. The van der Waals surface area contributed by atoms with E-state index in [9.17, 15) is 4.79 Å². The minimum Gasteiger partial charge on any atom is -0.492 e. The Balaban J connectivity index is 1.64. The summed E-state index contributed by atoms with van der Waals surface area (Å²) in [4.78, 5) is 15.1. The molecular weight excluding hydrogens is 302 g/mol. The molecular formula is C19H29N3O2. The van der Waals surface area contributed by atoms with Gasteiger partial charge < -0.3 is 20.3 Å². The van der Waals surface area contributed by atoms with Gasteiger partial charge in [0, 0.05) is 24.8 Å². The first kappa shape index (κ1) is 17.2. The zero-order valence-electron chi connectivity index (χ0n) is 14.8. The summed E-state index contributed by atoms with van der Waals surface area (Å²) < 4.78 is 5.76. The number of likely N-dealkylation sites (N-methyl/N-ethyl adjacent to an activating group) is 1. The highest BCUT2D eigenvalue weighted by atomic mass is 16.5. The second-order valence-corrected chi connectivity index (χ2v) is 7.36. The minimum atomic E-state index is -0.222. The summed E-state index contributed by atoms with van der Waals surface area (Å²) in [6.45, 7) is 3.29. The fourth-order valence-electron chi connectivity index (χ4n) is 3.96. The molecule has 2 N–H and O–H groups in total. The van der Waals surface area contributed by atoms with Gasteiger partial charge in [-0.05, 0) is 51.5 Å². The normalized spacial score (nSPS) is 26.2. The fourth-order valence-corrected chi connectivity index (χ4v) is 3.96. The third-order valence-corrected chi connectivity index (χ3v) is 5.39. The van der Waals surface area contributed by atoms with Gasteiger partial charge in [-0.3, -0.25) is 4.79 Å². The molecule has 24 heavy (non-hydrogen) atoms. The summed E-state index contributed by atoms with van der Waals surface area (Å²) in [5.74, 6) is 1.45. The van der Waals surface area contributed by atoms with E-state index >= 15 is 0 Å². The van der Waals surface area contributed by atoms with Gasteiger partial charge in [-0.2, -0.15) is 0 Å². The molecule has 5 heteroatoms. The molecule has 1 saturated carbocycles. The molecule has 1 aliphatic heterocycles. The first-order valence-corrected chi connectivity index (χ1v) is 9.00. The van der Waals surface area contributed by atoms with Crippen LogP contribution < -0.4 is 15.4 Å². The van der Waals surface area contributed by atoms with Crippen molar-refractivity contribution >= 4 is 11.6 Å². The van der Waals surface area contributed by atoms with Gasteiger partial charge in [0.2, 0.25) is 5.91 Å². The molecule has 3 rings (SSSR count). The van der Waals surface area contributed by atoms with Crippen LogP contribution in [0, 0.1) is 11.3 Å². The highest BCUT2D eigenvalue weighted by Crippen LogP contribution is 2.44. The molecule has 5 nitrogen and oxygen atoms in total. The van der Waals surface area contributed by atoms with Gasteiger partial charge in [0.05, 0.1) is 5.41 Å². The molecule has 0 radical (unpaired) electrons. The molecule has 1 aliphatic carbocycles. The second kappa shape index (κ2) is 7.53. The maximum Gasteiger partial charge on any atom is 0.232 e. The summed E-state index contributed by atoms with van der Waals surface area (Å²) in [5.41, 5.74) is 0.605. The van der Waals surface area contributed by atoms with Crippen LogP contribution in [0.2, 0.25) is 0 Å². The predicted molar refractivity (Wildman–Crippen MR) is 96.4 cm³/mol. The Morgan fingerprint density at radius 1 is 1.42 bits per heavy atom. The summed E-state index contributed by atoms with van der Waals surface area (Å²) in [7, 11) is 4.05. The summed E-state index contributed by atoms with van der Waals surface area (Å²) >= 11 is 0. The number of amides is 1. The summed E-state index contributed by atoms with van der Waals surface area (Å²) in [6, 6.07) is 7.73. The largest absolute Gasteiger partial charge is 0.492 e. The number of anilines is 1. The van der Waals surface area contributed by atoms with Crippen LogP contribution >= 0.6 is 0 Å². The molecule has 0 spiro atoms. The average Bonchev–Trinajstić information content (AvgIpc) is 3.00. The lowest BCUT2D eigenvalue weighted by atomic mass is 9.67. The molecule has 2 fully saturated rings. The van der Waals surface area contributed by atoms with Gasteiger partial charge in [0.25, 0.3) is 0 Å². The van der Waals surface area contributed by atoms with Crippen molar-refractivity contribution in [1.29, 1.82) is 0 Å². The molecule has 0 unspecified atom stereocenters. The van der Waals surface area contributed by atoms with Crippen molar-refractivity contribution in [3.8, 4) is 5.75 Å². The lowest BCUT2D eigenvalue weighted by molar-refractivity contribution is -0.128. The number of rotatable bonds is 6. The molecule has 1 heterocycles. The van der Waals surface area contributed by atoms with Crippen LogP contribution in [0.3, 0.4) is 0 Å². The van der Waals surface area contributed by atoms with E-state index < -0.39 is 0 Å².